The minimum atomic E-state index is -0.988. The van der Waals surface area contributed by atoms with Gasteiger partial charge in [0.15, 0.2) is 11.5 Å². The average molecular weight is 545 g/mol. The summed E-state index contributed by atoms with van der Waals surface area (Å²) >= 11 is 1.33. The molecule has 0 radical (unpaired) electrons. The van der Waals surface area contributed by atoms with Gasteiger partial charge in [-0.3, -0.25) is 19.7 Å². The molecule has 1 aliphatic heterocycles. The van der Waals surface area contributed by atoms with Gasteiger partial charge in [0.2, 0.25) is 11.6 Å². The molecule has 2 heterocycles. The van der Waals surface area contributed by atoms with E-state index >= 15 is 0 Å². The molecule has 0 unspecified atom stereocenters. The van der Waals surface area contributed by atoms with Crippen molar-refractivity contribution in [3.05, 3.63) is 67.9 Å². The van der Waals surface area contributed by atoms with Crippen LogP contribution in [0.5, 0.6) is 17.2 Å². The van der Waals surface area contributed by atoms with E-state index in [1.165, 1.54) is 38.7 Å². The van der Waals surface area contributed by atoms with Crippen molar-refractivity contribution < 1.29 is 33.1 Å². The second-order valence-corrected chi connectivity index (χ2v) is 9.29. The van der Waals surface area contributed by atoms with Crippen LogP contribution in [0.2, 0.25) is 0 Å². The van der Waals surface area contributed by atoms with Crippen LogP contribution < -0.4 is 19.5 Å². The monoisotopic (exact) mass is 544 g/mol. The smallest absolute Gasteiger partial charge is 0.306 e. The number of methoxy groups -OCH3 is 3. The molecule has 200 valence electrons. The Hall–Kier alpha value is -4.26. The number of halogens is 1. The van der Waals surface area contributed by atoms with Gasteiger partial charge in [-0.05, 0) is 37.1 Å². The lowest BCUT2D eigenvalue weighted by atomic mass is 9.97. The summed E-state index contributed by atoms with van der Waals surface area (Å²) in [6, 6.07) is 6.44. The van der Waals surface area contributed by atoms with Crippen LogP contribution in [0.15, 0.2) is 35.7 Å². The Morgan fingerprint density at radius 1 is 1.11 bits per heavy atom. The summed E-state index contributed by atoms with van der Waals surface area (Å²) in [6.45, 7) is 0.975. The highest BCUT2D eigenvalue weighted by molar-refractivity contribution is 7.10. The molecule has 0 bridgehead atoms. The third kappa shape index (κ3) is 5.37. The Morgan fingerprint density at radius 2 is 1.82 bits per heavy atom. The molecule has 1 aromatic heterocycles. The van der Waals surface area contributed by atoms with Crippen LogP contribution in [-0.4, -0.2) is 61.0 Å². The molecule has 3 aromatic rings. The number of benzene rings is 2. The highest BCUT2D eigenvalue weighted by Crippen LogP contribution is 2.41. The van der Waals surface area contributed by atoms with E-state index in [2.05, 4.69) is 10.3 Å². The van der Waals surface area contributed by atoms with Crippen molar-refractivity contribution in [3.63, 3.8) is 0 Å². The van der Waals surface area contributed by atoms with Gasteiger partial charge < -0.3 is 24.4 Å². The quantitative estimate of drug-likeness (QED) is 0.324. The fourth-order valence-electron chi connectivity index (χ4n) is 4.27. The van der Waals surface area contributed by atoms with Crippen molar-refractivity contribution in [1.29, 1.82) is 0 Å². The number of carbonyl (C=O) groups excluding carboxylic acids is 2. The maximum Gasteiger partial charge on any atom is 0.306 e. The lowest BCUT2D eigenvalue weighted by Gasteiger charge is -2.31. The molecular formula is C25H25FN4O7S. The highest BCUT2D eigenvalue weighted by atomic mass is 32.1. The number of amides is 2. The van der Waals surface area contributed by atoms with Crippen molar-refractivity contribution >= 4 is 34.5 Å². The van der Waals surface area contributed by atoms with E-state index in [1.807, 2.05) is 0 Å². The van der Waals surface area contributed by atoms with Crippen molar-refractivity contribution in [1.82, 2.24) is 9.88 Å². The lowest BCUT2D eigenvalue weighted by Crippen LogP contribution is -2.38. The van der Waals surface area contributed by atoms with E-state index in [0.29, 0.717) is 48.7 Å². The number of ether oxygens (including phenoxy) is 3. The number of likely N-dealkylation sites (tertiary alicyclic amines) is 1. The number of nitrogens with one attached hydrogen (secondary N) is 1. The summed E-state index contributed by atoms with van der Waals surface area (Å²) in [7, 11) is 4.45. The zero-order chi connectivity index (χ0) is 27.4. The zero-order valence-electron chi connectivity index (χ0n) is 20.9. The maximum absolute atomic E-state index is 13.6. The second-order valence-electron chi connectivity index (χ2n) is 8.40. The molecule has 0 aliphatic carbocycles. The van der Waals surface area contributed by atoms with Crippen molar-refractivity contribution in [2.24, 2.45) is 0 Å². The van der Waals surface area contributed by atoms with Gasteiger partial charge in [-0.25, -0.2) is 4.98 Å². The average Bonchev–Trinajstić information content (AvgIpc) is 3.43. The Bertz CT molecular complexity index is 1370. The molecule has 1 N–H and O–H groups in total. The molecule has 2 aromatic carbocycles. The van der Waals surface area contributed by atoms with E-state index in [-0.39, 0.29) is 23.2 Å². The minimum absolute atomic E-state index is 0.0600. The first kappa shape index (κ1) is 26.8. The zero-order valence-corrected chi connectivity index (χ0v) is 21.7. The van der Waals surface area contributed by atoms with E-state index in [0.717, 1.165) is 17.1 Å². The maximum atomic E-state index is 13.6. The SMILES string of the molecule is COc1ccc(C(=O)N2CCC(c3nc(C(=O)Nc4ccc(F)c([N+](=O)[O-])c4)cs3)CC2)c(OC)c1OC. The highest BCUT2D eigenvalue weighted by Gasteiger charge is 2.30. The molecule has 0 spiro atoms. The summed E-state index contributed by atoms with van der Waals surface area (Å²) in [5, 5.41) is 15.8. The Kier molecular flexibility index (Phi) is 8.05. The lowest BCUT2D eigenvalue weighted by molar-refractivity contribution is -0.387. The largest absolute Gasteiger partial charge is 0.493 e. The number of thiazole rings is 1. The van der Waals surface area contributed by atoms with Crippen LogP contribution in [0.25, 0.3) is 0 Å². The molecular weight excluding hydrogens is 519 g/mol. The molecule has 1 aliphatic rings. The minimum Gasteiger partial charge on any atom is -0.493 e. The third-order valence-electron chi connectivity index (χ3n) is 6.22. The van der Waals surface area contributed by atoms with Crippen LogP contribution in [0.3, 0.4) is 0 Å². The number of rotatable bonds is 8. The van der Waals surface area contributed by atoms with Gasteiger partial charge in [0.25, 0.3) is 11.8 Å². The molecule has 2 amide bonds. The number of nitro groups is 1. The normalized spacial score (nSPS) is 13.6. The molecule has 1 saturated heterocycles. The second kappa shape index (κ2) is 11.4. The summed E-state index contributed by atoms with van der Waals surface area (Å²) < 4.78 is 29.7. The van der Waals surface area contributed by atoms with Crippen LogP contribution >= 0.6 is 11.3 Å². The standard InChI is InChI=1S/C25H25FN4O7S/c1-35-20-7-5-16(21(36-2)22(20)37-3)25(32)29-10-8-14(9-11-29)24-28-18(13-38-24)23(31)27-15-4-6-17(26)19(12-15)30(33)34/h4-7,12-14H,8-11H2,1-3H3,(H,27,31). The van der Waals surface area contributed by atoms with E-state index in [9.17, 15) is 24.1 Å². The number of carbonyl (C=O) groups is 2. The predicted molar refractivity (Wildman–Crippen MR) is 137 cm³/mol. The van der Waals surface area contributed by atoms with Gasteiger partial charge in [0.1, 0.15) is 5.69 Å². The summed E-state index contributed by atoms with van der Waals surface area (Å²) in [4.78, 5) is 42.2. The molecule has 38 heavy (non-hydrogen) atoms. The van der Waals surface area contributed by atoms with Crippen LogP contribution in [0.1, 0.15) is 44.6 Å². The van der Waals surface area contributed by atoms with Crippen molar-refractivity contribution in [2.45, 2.75) is 18.8 Å². The Morgan fingerprint density at radius 3 is 2.45 bits per heavy atom. The van der Waals surface area contributed by atoms with Gasteiger partial charge in [0.05, 0.1) is 36.8 Å². The fourth-order valence-corrected chi connectivity index (χ4v) is 5.25. The predicted octanol–water partition coefficient (Wildman–Crippen LogP) is 4.49. The number of piperidine rings is 1. The van der Waals surface area contributed by atoms with Gasteiger partial charge in [-0.15, -0.1) is 11.3 Å². The van der Waals surface area contributed by atoms with Gasteiger partial charge >= 0.3 is 5.69 Å². The molecule has 11 nitrogen and oxygen atoms in total. The number of anilines is 1. The number of hydrogen-bond acceptors (Lipinski definition) is 9. The fraction of sp³-hybridized carbons (Fsp3) is 0.320. The van der Waals surface area contributed by atoms with E-state index in [4.69, 9.17) is 14.2 Å². The molecule has 0 saturated carbocycles. The number of nitrogens with zero attached hydrogens (tertiary/aromatic N) is 3. The van der Waals surface area contributed by atoms with Gasteiger partial charge in [-0.1, -0.05) is 0 Å². The topological polar surface area (TPSA) is 133 Å². The first-order valence-electron chi connectivity index (χ1n) is 11.6. The molecule has 0 atom stereocenters. The summed E-state index contributed by atoms with van der Waals surface area (Å²) in [6.07, 6.45) is 1.31. The van der Waals surface area contributed by atoms with Gasteiger partial charge in [0, 0.05) is 36.1 Å². The third-order valence-corrected chi connectivity index (χ3v) is 7.23. The summed E-state index contributed by atoms with van der Waals surface area (Å²) in [5.41, 5.74) is -0.104. The number of nitro benzene ring substituents is 1. The van der Waals surface area contributed by atoms with E-state index < -0.39 is 22.3 Å². The number of hydrogen-bond donors (Lipinski definition) is 1. The van der Waals surface area contributed by atoms with Crippen molar-refractivity contribution in [2.75, 3.05) is 39.7 Å². The van der Waals surface area contributed by atoms with E-state index in [1.54, 1.807) is 22.4 Å². The van der Waals surface area contributed by atoms with Crippen LogP contribution in [-0.2, 0) is 0 Å². The van der Waals surface area contributed by atoms with Crippen molar-refractivity contribution in [3.8, 4) is 17.2 Å². The molecule has 4 rings (SSSR count). The molecule has 1 fully saturated rings. The summed E-state index contributed by atoms with van der Waals surface area (Å²) in [5.74, 6) is -0.556. The number of aromatic nitrogens is 1. The van der Waals surface area contributed by atoms with Crippen LogP contribution in [0, 0.1) is 15.9 Å². The first-order valence-corrected chi connectivity index (χ1v) is 12.4. The Labute approximate surface area is 221 Å². The van der Waals surface area contributed by atoms with Crippen LogP contribution in [0.4, 0.5) is 15.8 Å². The molecule has 13 heteroatoms. The Balaban J connectivity index is 1.40. The van der Waals surface area contributed by atoms with Gasteiger partial charge in [-0.2, -0.15) is 4.39 Å². The first-order chi connectivity index (χ1) is 18.3.